The standard InChI is InChI=1S/C20H25BrN2O4/c1-20(2,3)27-19(24)23(13-14-6-8-16(25-4)9-7-14)17-10-15(11-21)22-12-18(17)26-5/h6-10,12H,11,13H2,1-5H3. The molecule has 0 unspecified atom stereocenters. The molecule has 1 aromatic carbocycles. The molecule has 1 aromatic heterocycles. The third-order valence-corrected chi connectivity index (χ3v) is 4.24. The molecule has 0 aliphatic rings. The van der Waals surface area contributed by atoms with Crippen LogP contribution >= 0.6 is 15.9 Å². The zero-order valence-corrected chi connectivity index (χ0v) is 17.9. The predicted molar refractivity (Wildman–Crippen MR) is 109 cm³/mol. The summed E-state index contributed by atoms with van der Waals surface area (Å²) in [7, 11) is 3.17. The topological polar surface area (TPSA) is 60.9 Å². The van der Waals surface area contributed by atoms with E-state index in [1.54, 1.807) is 25.3 Å². The third kappa shape index (κ3) is 5.85. The summed E-state index contributed by atoms with van der Waals surface area (Å²) in [5.74, 6) is 1.25. The Balaban J connectivity index is 2.44. The highest BCUT2D eigenvalue weighted by Gasteiger charge is 2.26. The van der Waals surface area contributed by atoms with Gasteiger partial charge in [0.25, 0.3) is 0 Å². The summed E-state index contributed by atoms with van der Waals surface area (Å²) in [4.78, 5) is 18.8. The number of nitrogens with zero attached hydrogens (tertiary/aromatic N) is 2. The fraction of sp³-hybridized carbons (Fsp3) is 0.400. The van der Waals surface area contributed by atoms with E-state index in [-0.39, 0.29) is 0 Å². The molecule has 0 aliphatic heterocycles. The van der Waals surface area contributed by atoms with Gasteiger partial charge in [0.1, 0.15) is 11.4 Å². The predicted octanol–water partition coefficient (Wildman–Crippen LogP) is 4.94. The van der Waals surface area contributed by atoms with E-state index >= 15 is 0 Å². The maximum absolute atomic E-state index is 12.9. The van der Waals surface area contributed by atoms with Gasteiger partial charge < -0.3 is 14.2 Å². The molecule has 0 N–H and O–H groups in total. The van der Waals surface area contributed by atoms with E-state index in [0.717, 1.165) is 17.0 Å². The van der Waals surface area contributed by atoms with Gasteiger partial charge in [-0.1, -0.05) is 28.1 Å². The van der Waals surface area contributed by atoms with Crippen LogP contribution in [0, 0.1) is 0 Å². The number of methoxy groups -OCH3 is 2. The molecule has 1 heterocycles. The van der Waals surface area contributed by atoms with Crippen LogP contribution in [0.4, 0.5) is 10.5 Å². The zero-order valence-electron chi connectivity index (χ0n) is 16.3. The molecule has 146 valence electrons. The number of hydrogen-bond donors (Lipinski definition) is 0. The fourth-order valence-electron chi connectivity index (χ4n) is 2.39. The number of alkyl halides is 1. The number of rotatable bonds is 6. The van der Waals surface area contributed by atoms with Crippen molar-refractivity contribution in [2.45, 2.75) is 38.2 Å². The van der Waals surface area contributed by atoms with E-state index in [9.17, 15) is 4.79 Å². The average molecular weight is 437 g/mol. The highest BCUT2D eigenvalue weighted by Crippen LogP contribution is 2.31. The van der Waals surface area contributed by atoms with E-state index in [2.05, 4.69) is 20.9 Å². The average Bonchev–Trinajstić information content (AvgIpc) is 2.64. The summed E-state index contributed by atoms with van der Waals surface area (Å²) < 4.78 is 16.3. The zero-order chi connectivity index (χ0) is 20.0. The molecule has 0 saturated heterocycles. The van der Waals surface area contributed by atoms with E-state index in [1.807, 2.05) is 51.1 Å². The SMILES string of the molecule is COc1ccc(CN(C(=O)OC(C)(C)C)c2cc(CBr)ncc2OC)cc1. The molecule has 0 fully saturated rings. The lowest BCUT2D eigenvalue weighted by atomic mass is 10.2. The number of pyridine rings is 1. The quantitative estimate of drug-likeness (QED) is 0.600. The summed E-state index contributed by atoms with van der Waals surface area (Å²) >= 11 is 3.40. The molecule has 2 aromatic rings. The van der Waals surface area contributed by atoms with Crippen molar-refractivity contribution in [2.75, 3.05) is 19.1 Å². The molecule has 0 bridgehead atoms. The van der Waals surface area contributed by atoms with Crippen LogP contribution in [-0.2, 0) is 16.6 Å². The number of carbonyl (C=O) groups excluding carboxylic acids is 1. The first-order valence-electron chi connectivity index (χ1n) is 8.49. The van der Waals surface area contributed by atoms with Crippen LogP contribution in [0.2, 0.25) is 0 Å². The van der Waals surface area contributed by atoms with Gasteiger partial charge in [0.15, 0.2) is 5.75 Å². The van der Waals surface area contributed by atoms with Gasteiger partial charge in [-0.3, -0.25) is 9.88 Å². The van der Waals surface area contributed by atoms with Gasteiger partial charge >= 0.3 is 6.09 Å². The van der Waals surface area contributed by atoms with E-state index in [4.69, 9.17) is 14.2 Å². The van der Waals surface area contributed by atoms with Gasteiger partial charge in [0, 0.05) is 5.33 Å². The Morgan fingerprint density at radius 2 is 1.81 bits per heavy atom. The lowest BCUT2D eigenvalue weighted by molar-refractivity contribution is 0.0576. The number of hydrogen-bond acceptors (Lipinski definition) is 5. The Kier molecular flexibility index (Phi) is 7.07. The van der Waals surface area contributed by atoms with Crippen molar-refractivity contribution in [3.8, 4) is 11.5 Å². The molecule has 1 amide bonds. The molecule has 0 saturated carbocycles. The molecule has 27 heavy (non-hydrogen) atoms. The van der Waals surface area contributed by atoms with Crippen molar-refractivity contribution < 1.29 is 19.0 Å². The maximum atomic E-state index is 12.9. The van der Waals surface area contributed by atoms with Crippen LogP contribution < -0.4 is 14.4 Å². The molecule has 0 radical (unpaired) electrons. The molecule has 0 aliphatic carbocycles. The molecule has 2 rings (SSSR count). The molecular weight excluding hydrogens is 412 g/mol. The Labute approximate surface area is 168 Å². The van der Waals surface area contributed by atoms with E-state index < -0.39 is 11.7 Å². The summed E-state index contributed by atoms with van der Waals surface area (Å²) in [6, 6.07) is 9.36. The summed E-state index contributed by atoms with van der Waals surface area (Å²) in [6.45, 7) is 5.83. The van der Waals surface area contributed by atoms with E-state index in [0.29, 0.717) is 23.3 Å². The van der Waals surface area contributed by atoms with Crippen LogP contribution in [0.5, 0.6) is 11.5 Å². The second-order valence-corrected chi connectivity index (χ2v) is 7.46. The summed E-state index contributed by atoms with van der Waals surface area (Å²) in [5, 5.41) is 0.564. The van der Waals surface area contributed by atoms with Crippen LogP contribution in [0.15, 0.2) is 36.5 Å². The van der Waals surface area contributed by atoms with Crippen molar-refractivity contribution in [1.82, 2.24) is 4.98 Å². The minimum absolute atomic E-state index is 0.320. The monoisotopic (exact) mass is 436 g/mol. The minimum atomic E-state index is -0.617. The minimum Gasteiger partial charge on any atom is -0.497 e. The maximum Gasteiger partial charge on any atom is 0.415 e. The van der Waals surface area contributed by atoms with Crippen molar-refractivity contribution in [2.24, 2.45) is 0 Å². The Morgan fingerprint density at radius 3 is 2.33 bits per heavy atom. The Bertz CT molecular complexity index is 773. The highest BCUT2D eigenvalue weighted by molar-refractivity contribution is 9.08. The lowest BCUT2D eigenvalue weighted by Crippen LogP contribution is -2.36. The Morgan fingerprint density at radius 1 is 1.15 bits per heavy atom. The van der Waals surface area contributed by atoms with Crippen LogP contribution in [-0.4, -0.2) is 30.9 Å². The number of halogens is 1. The van der Waals surface area contributed by atoms with Crippen molar-refractivity contribution in [3.63, 3.8) is 0 Å². The summed E-state index contributed by atoms with van der Waals surface area (Å²) in [6.07, 6.45) is 1.15. The van der Waals surface area contributed by atoms with Gasteiger partial charge in [0.2, 0.25) is 0 Å². The van der Waals surface area contributed by atoms with E-state index in [1.165, 1.54) is 0 Å². The van der Waals surface area contributed by atoms with Gasteiger partial charge in [-0.25, -0.2) is 4.79 Å². The van der Waals surface area contributed by atoms with Crippen LogP contribution in [0.3, 0.4) is 0 Å². The largest absolute Gasteiger partial charge is 0.497 e. The number of aromatic nitrogens is 1. The number of amides is 1. The number of carbonyl (C=O) groups is 1. The highest BCUT2D eigenvalue weighted by atomic mass is 79.9. The third-order valence-electron chi connectivity index (χ3n) is 3.66. The van der Waals surface area contributed by atoms with Gasteiger partial charge in [0.05, 0.1) is 38.3 Å². The molecule has 0 spiro atoms. The Hall–Kier alpha value is -2.28. The van der Waals surface area contributed by atoms with Crippen LogP contribution in [0.1, 0.15) is 32.0 Å². The first-order valence-corrected chi connectivity index (χ1v) is 9.62. The normalized spacial score (nSPS) is 11.0. The second kappa shape index (κ2) is 9.08. The fourth-order valence-corrected chi connectivity index (χ4v) is 2.70. The van der Waals surface area contributed by atoms with Crippen molar-refractivity contribution >= 4 is 27.7 Å². The van der Waals surface area contributed by atoms with Gasteiger partial charge in [-0.15, -0.1) is 0 Å². The first-order chi connectivity index (χ1) is 12.8. The lowest BCUT2D eigenvalue weighted by Gasteiger charge is -2.28. The molecular formula is C20H25BrN2O4. The number of benzene rings is 1. The second-order valence-electron chi connectivity index (χ2n) is 6.90. The van der Waals surface area contributed by atoms with Gasteiger partial charge in [-0.2, -0.15) is 0 Å². The number of anilines is 1. The summed E-state index contributed by atoms with van der Waals surface area (Å²) in [5.41, 5.74) is 1.70. The molecule has 6 nitrogen and oxygen atoms in total. The smallest absolute Gasteiger partial charge is 0.415 e. The van der Waals surface area contributed by atoms with Crippen molar-refractivity contribution in [1.29, 1.82) is 0 Å². The van der Waals surface area contributed by atoms with Gasteiger partial charge in [-0.05, 0) is 44.5 Å². The van der Waals surface area contributed by atoms with Crippen LogP contribution in [0.25, 0.3) is 0 Å². The first kappa shape index (κ1) is 21.0. The molecule has 7 heteroatoms. The molecule has 0 atom stereocenters. The van der Waals surface area contributed by atoms with Crippen molar-refractivity contribution in [3.05, 3.63) is 47.8 Å². The number of ether oxygens (including phenoxy) is 3.